The standard InChI is InChI=1S/C14H15Cl2NS/c1-9(11-5-6-12(15)13(16)8-11)17-10(2)14-4-3-7-18-14/h3-10,17H,1-2H3/t9?,10-/m0/s1. The van der Waals surface area contributed by atoms with Crippen molar-refractivity contribution in [3.05, 3.63) is 56.2 Å². The highest BCUT2D eigenvalue weighted by atomic mass is 35.5. The third kappa shape index (κ3) is 3.27. The molecule has 1 aromatic heterocycles. The second kappa shape index (κ2) is 6.07. The Balaban J connectivity index is 2.07. The summed E-state index contributed by atoms with van der Waals surface area (Å²) in [6.07, 6.45) is 0. The Morgan fingerprint density at radius 3 is 2.44 bits per heavy atom. The number of nitrogens with one attached hydrogen (secondary N) is 1. The van der Waals surface area contributed by atoms with E-state index in [-0.39, 0.29) is 6.04 Å². The van der Waals surface area contributed by atoms with Crippen LogP contribution in [0.4, 0.5) is 0 Å². The molecule has 1 nitrogen and oxygen atoms in total. The van der Waals surface area contributed by atoms with E-state index in [1.165, 1.54) is 4.88 Å². The van der Waals surface area contributed by atoms with Crippen molar-refractivity contribution >= 4 is 34.5 Å². The number of hydrogen-bond donors (Lipinski definition) is 1. The van der Waals surface area contributed by atoms with E-state index in [0.717, 1.165) is 5.56 Å². The van der Waals surface area contributed by atoms with Gasteiger partial charge in [-0.2, -0.15) is 0 Å². The number of halogens is 2. The minimum Gasteiger partial charge on any atom is -0.303 e. The quantitative estimate of drug-likeness (QED) is 0.789. The van der Waals surface area contributed by atoms with E-state index >= 15 is 0 Å². The van der Waals surface area contributed by atoms with Gasteiger partial charge in [0.25, 0.3) is 0 Å². The highest BCUT2D eigenvalue weighted by molar-refractivity contribution is 7.10. The molecule has 0 radical (unpaired) electrons. The number of thiophene rings is 1. The molecule has 0 aliphatic rings. The van der Waals surface area contributed by atoms with Gasteiger partial charge in [-0.3, -0.25) is 0 Å². The minimum atomic E-state index is 0.233. The lowest BCUT2D eigenvalue weighted by atomic mass is 10.1. The smallest absolute Gasteiger partial charge is 0.0595 e. The van der Waals surface area contributed by atoms with Gasteiger partial charge in [-0.05, 0) is 43.0 Å². The summed E-state index contributed by atoms with van der Waals surface area (Å²) in [7, 11) is 0. The molecule has 1 aromatic carbocycles. The molecule has 2 atom stereocenters. The van der Waals surface area contributed by atoms with Crippen LogP contribution in [0.1, 0.15) is 36.4 Å². The third-order valence-corrected chi connectivity index (χ3v) is 4.71. The Labute approximate surface area is 122 Å². The number of rotatable bonds is 4. The predicted molar refractivity (Wildman–Crippen MR) is 80.7 cm³/mol. The Bertz CT molecular complexity index is 511. The van der Waals surface area contributed by atoms with Crippen molar-refractivity contribution in [3.63, 3.8) is 0 Å². The molecule has 0 fully saturated rings. The van der Waals surface area contributed by atoms with E-state index in [0.29, 0.717) is 16.1 Å². The maximum Gasteiger partial charge on any atom is 0.0595 e. The molecule has 2 aromatic rings. The van der Waals surface area contributed by atoms with Gasteiger partial charge in [0.15, 0.2) is 0 Å². The van der Waals surface area contributed by atoms with Crippen molar-refractivity contribution in [2.75, 3.05) is 0 Å². The van der Waals surface area contributed by atoms with E-state index in [1.54, 1.807) is 11.3 Å². The average Bonchev–Trinajstić information content (AvgIpc) is 2.86. The number of benzene rings is 1. The summed E-state index contributed by atoms with van der Waals surface area (Å²) >= 11 is 13.7. The Hall–Kier alpha value is -0.540. The van der Waals surface area contributed by atoms with Gasteiger partial charge >= 0.3 is 0 Å². The highest BCUT2D eigenvalue weighted by Crippen LogP contribution is 2.27. The molecule has 4 heteroatoms. The highest BCUT2D eigenvalue weighted by Gasteiger charge is 2.12. The molecule has 0 saturated carbocycles. The van der Waals surface area contributed by atoms with Gasteiger partial charge in [0, 0.05) is 17.0 Å². The van der Waals surface area contributed by atoms with Crippen LogP contribution in [0.3, 0.4) is 0 Å². The van der Waals surface area contributed by atoms with Crippen LogP contribution in [0.2, 0.25) is 10.0 Å². The molecule has 0 amide bonds. The zero-order valence-corrected chi connectivity index (χ0v) is 12.6. The SMILES string of the molecule is CC(N[C@@H](C)c1cccs1)c1ccc(Cl)c(Cl)c1. The normalized spacial score (nSPS) is 14.4. The second-order valence-electron chi connectivity index (χ2n) is 4.30. The fraction of sp³-hybridized carbons (Fsp3) is 0.286. The first-order chi connectivity index (χ1) is 8.58. The molecule has 0 bridgehead atoms. The van der Waals surface area contributed by atoms with Gasteiger partial charge in [-0.1, -0.05) is 35.3 Å². The molecule has 0 aliphatic heterocycles. The van der Waals surface area contributed by atoms with Crippen molar-refractivity contribution in [2.24, 2.45) is 0 Å². The monoisotopic (exact) mass is 299 g/mol. The molecule has 18 heavy (non-hydrogen) atoms. The topological polar surface area (TPSA) is 12.0 Å². The van der Waals surface area contributed by atoms with Crippen LogP contribution in [0.15, 0.2) is 35.7 Å². The maximum absolute atomic E-state index is 6.04. The van der Waals surface area contributed by atoms with Gasteiger partial charge < -0.3 is 5.32 Å². The maximum atomic E-state index is 6.04. The first kappa shape index (κ1) is 13.9. The third-order valence-electron chi connectivity index (χ3n) is 2.91. The minimum absolute atomic E-state index is 0.233. The lowest BCUT2D eigenvalue weighted by Crippen LogP contribution is -2.21. The van der Waals surface area contributed by atoms with Crippen molar-refractivity contribution in [1.82, 2.24) is 5.32 Å². The summed E-state index contributed by atoms with van der Waals surface area (Å²) in [4.78, 5) is 1.34. The Morgan fingerprint density at radius 2 is 1.83 bits per heavy atom. The second-order valence-corrected chi connectivity index (χ2v) is 6.09. The molecule has 0 aliphatic carbocycles. The molecule has 0 saturated heterocycles. The molecule has 1 N–H and O–H groups in total. The molecule has 2 rings (SSSR count). The molecular formula is C14H15Cl2NS. The lowest BCUT2D eigenvalue weighted by molar-refractivity contribution is 0.500. The summed E-state index contributed by atoms with van der Waals surface area (Å²) in [6.45, 7) is 4.30. The van der Waals surface area contributed by atoms with Crippen molar-refractivity contribution in [2.45, 2.75) is 25.9 Å². The van der Waals surface area contributed by atoms with Gasteiger partial charge in [0.05, 0.1) is 10.0 Å². The van der Waals surface area contributed by atoms with Crippen LogP contribution >= 0.6 is 34.5 Å². The summed E-state index contributed by atoms with van der Waals surface area (Å²) in [5.74, 6) is 0. The van der Waals surface area contributed by atoms with Crippen LogP contribution in [-0.2, 0) is 0 Å². The summed E-state index contributed by atoms with van der Waals surface area (Å²) in [5.41, 5.74) is 1.15. The summed E-state index contributed by atoms with van der Waals surface area (Å²) in [5, 5.41) is 6.85. The fourth-order valence-corrected chi connectivity index (χ4v) is 2.92. The van der Waals surface area contributed by atoms with Crippen LogP contribution < -0.4 is 5.32 Å². The van der Waals surface area contributed by atoms with Crippen LogP contribution in [-0.4, -0.2) is 0 Å². The zero-order chi connectivity index (χ0) is 13.1. The average molecular weight is 300 g/mol. The molecular weight excluding hydrogens is 285 g/mol. The lowest BCUT2D eigenvalue weighted by Gasteiger charge is -2.20. The first-order valence-electron chi connectivity index (χ1n) is 5.82. The van der Waals surface area contributed by atoms with E-state index < -0.39 is 0 Å². The van der Waals surface area contributed by atoms with Crippen LogP contribution in [0.25, 0.3) is 0 Å². The van der Waals surface area contributed by atoms with Crippen molar-refractivity contribution < 1.29 is 0 Å². The Morgan fingerprint density at radius 1 is 1.06 bits per heavy atom. The van der Waals surface area contributed by atoms with Gasteiger partial charge in [-0.25, -0.2) is 0 Å². The van der Waals surface area contributed by atoms with Gasteiger partial charge in [0.2, 0.25) is 0 Å². The van der Waals surface area contributed by atoms with Crippen molar-refractivity contribution in [1.29, 1.82) is 0 Å². The van der Waals surface area contributed by atoms with E-state index in [9.17, 15) is 0 Å². The molecule has 1 unspecified atom stereocenters. The first-order valence-corrected chi connectivity index (χ1v) is 7.46. The van der Waals surface area contributed by atoms with Gasteiger partial charge in [-0.15, -0.1) is 11.3 Å². The molecule has 96 valence electrons. The zero-order valence-electron chi connectivity index (χ0n) is 10.3. The number of hydrogen-bond acceptors (Lipinski definition) is 2. The predicted octanol–water partition coefficient (Wildman–Crippen LogP) is 5.47. The van der Waals surface area contributed by atoms with Crippen LogP contribution in [0, 0.1) is 0 Å². The fourth-order valence-electron chi connectivity index (χ4n) is 1.87. The summed E-state index contributed by atoms with van der Waals surface area (Å²) in [6, 6.07) is 10.5. The summed E-state index contributed by atoms with van der Waals surface area (Å²) < 4.78 is 0. The molecule has 0 spiro atoms. The van der Waals surface area contributed by atoms with E-state index in [1.807, 2.05) is 18.2 Å². The van der Waals surface area contributed by atoms with Gasteiger partial charge in [0.1, 0.15) is 0 Å². The van der Waals surface area contributed by atoms with Crippen molar-refractivity contribution in [3.8, 4) is 0 Å². The van der Waals surface area contributed by atoms with E-state index in [2.05, 4.69) is 36.7 Å². The van der Waals surface area contributed by atoms with E-state index in [4.69, 9.17) is 23.2 Å². The Kier molecular flexibility index (Phi) is 4.68. The molecule has 1 heterocycles. The largest absolute Gasteiger partial charge is 0.303 e. The van der Waals surface area contributed by atoms with Crippen LogP contribution in [0.5, 0.6) is 0 Å².